The third-order valence-electron chi connectivity index (χ3n) is 3.34. The van der Waals surface area contributed by atoms with Crippen molar-refractivity contribution in [3.8, 4) is 5.75 Å². The Morgan fingerprint density at radius 2 is 2.10 bits per heavy atom. The second-order valence-electron chi connectivity index (χ2n) is 4.94. The molecule has 0 fully saturated rings. The molecule has 0 aliphatic heterocycles. The fourth-order valence-corrected chi connectivity index (χ4v) is 1.93. The predicted octanol–water partition coefficient (Wildman–Crippen LogP) is 4.17. The van der Waals surface area contributed by atoms with E-state index in [0.29, 0.717) is 18.1 Å². The van der Waals surface area contributed by atoms with Crippen molar-refractivity contribution in [1.82, 2.24) is 0 Å². The van der Waals surface area contributed by atoms with Gasteiger partial charge in [-0.3, -0.25) is 0 Å². The first-order chi connectivity index (χ1) is 9.67. The van der Waals surface area contributed by atoms with Gasteiger partial charge >= 0.3 is 5.97 Å². The topological polar surface area (TPSA) is 46.5 Å². The first-order valence-corrected chi connectivity index (χ1v) is 7.30. The summed E-state index contributed by atoms with van der Waals surface area (Å²) in [6, 6.07) is 6.88. The molecule has 0 amide bonds. The van der Waals surface area contributed by atoms with Gasteiger partial charge in [-0.05, 0) is 24.5 Å². The van der Waals surface area contributed by atoms with Gasteiger partial charge in [-0.25, -0.2) is 4.79 Å². The largest absolute Gasteiger partial charge is 0.507 e. The normalized spacial score (nSPS) is 12.5. The number of benzene rings is 1. The maximum atomic E-state index is 11.6. The van der Waals surface area contributed by atoms with Crippen molar-refractivity contribution >= 4 is 12.0 Å². The van der Waals surface area contributed by atoms with Crippen LogP contribution in [0.25, 0.3) is 6.08 Å². The van der Waals surface area contributed by atoms with Crippen LogP contribution in [0.15, 0.2) is 30.3 Å². The Kier molecular flexibility index (Phi) is 7.48. The van der Waals surface area contributed by atoms with Gasteiger partial charge < -0.3 is 9.84 Å². The summed E-state index contributed by atoms with van der Waals surface area (Å²) in [5.74, 6) is 0.242. The molecular formula is C17H24O3. The van der Waals surface area contributed by atoms with E-state index in [1.807, 2.05) is 6.07 Å². The van der Waals surface area contributed by atoms with Crippen LogP contribution in [0.2, 0.25) is 0 Å². The molecule has 3 nitrogen and oxygen atoms in total. The van der Waals surface area contributed by atoms with Crippen LogP contribution in [-0.4, -0.2) is 17.7 Å². The lowest BCUT2D eigenvalue weighted by molar-refractivity contribution is -0.139. The lowest BCUT2D eigenvalue weighted by atomic mass is 10.0. The Morgan fingerprint density at radius 3 is 2.75 bits per heavy atom. The number of carbonyl (C=O) groups is 1. The fourth-order valence-electron chi connectivity index (χ4n) is 1.93. The molecule has 110 valence electrons. The van der Waals surface area contributed by atoms with Gasteiger partial charge in [0.15, 0.2) is 0 Å². The molecule has 3 heteroatoms. The molecule has 1 unspecified atom stereocenters. The van der Waals surface area contributed by atoms with Crippen LogP contribution in [0, 0.1) is 5.92 Å². The summed E-state index contributed by atoms with van der Waals surface area (Å²) in [5.41, 5.74) is 0.613. The minimum absolute atomic E-state index is 0.158. The van der Waals surface area contributed by atoms with Gasteiger partial charge in [0.1, 0.15) is 5.75 Å². The zero-order chi connectivity index (χ0) is 14.8. The van der Waals surface area contributed by atoms with E-state index >= 15 is 0 Å². The summed E-state index contributed by atoms with van der Waals surface area (Å²) in [5, 5.41) is 9.57. The maximum absolute atomic E-state index is 11.6. The van der Waals surface area contributed by atoms with Crippen molar-refractivity contribution in [2.75, 3.05) is 6.61 Å². The van der Waals surface area contributed by atoms with E-state index in [2.05, 4.69) is 13.8 Å². The van der Waals surface area contributed by atoms with Gasteiger partial charge in [0, 0.05) is 11.6 Å². The minimum atomic E-state index is -0.358. The molecule has 0 radical (unpaired) electrons. The van der Waals surface area contributed by atoms with Crippen molar-refractivity contribution in [2.45, 2.75) is 39.5 Å². The molecule has 0 aromatic heterocycles. The van der Waals surface area contributed by atoms with Gasteiger partial charge in [0.05, 0.1) is 6.61 Å². The van der Waals surface area contributed by atoms with E-state index in [-0.39, 0.29) is 11.7 Å². The second kappa shape index (κ2) is 9.18. The molecule has 0 bridgehead atoms. The van der Waals surface area contributed by atoms with Crippen molar-refractivity contribution in [3.63, 3.8) is 0 Å². The number of aromatic hydroxyl groups is 1. The average Bonchev–Trinajstić information content (AvgIpc) is 2.46. The van der Waals surface area contributed by atoms with E-state index in [4.69, 9.17) is 4.74 Å². The molecule has 0 aliphatic rings. The number of rotatable bonds is 8. The SMILES string of the molecule is CCCCC(CC)COC(=O)/C=C/c1ccccc1O. The first kappa shape index (κ1) is 16.3. The Morgan fingerprint density at radius 1 is 1.35 bits per heavy atom. The number of hydrogen-bond acceptors (Lipinski definition) is 3. The van der Waals surface area contributed by atoms with Gasteiger partial charge in [0.2, 0.25) is 0 Å². The van der Waals surface area contributed by atoms with Gasteiger partial charge in [-0.15, -0.1) is 0 Å². The van der Waals surface area contributed by atoms with Crippen molar-refractivity contribution in [3.05, 3.63) is 35.9 Å². The van der Waals surface area contributed by atoms with Crippen LogP contribution in [0.4, 0.5) is 0 Å². The van der Waals surface area contributed by atoms with Crippen molar-refractivity contribution in [1.29, 1.82) is 0 Å². The summed E-state index contributed by atoms with van der Waals surface area (Å²) < 4.78 is 5.25. The summed E-state index contributed by atoms with van der Waals surface area (Å²) in [7, 11) is 0. The monoisotopic (exact) mass is 276 g/mol. The molecule has 0 saturated carbocycles. The quantitative estimate of drug-likeness (QED) is 0.572. The Bertz CT molecular complexity index is 438. The van der Waals surface area contributed by atoms with E-state index < -0.39 is 0 Å². The number of esters is 1. The van der Waals surface area contributed by atoms with Gasteiger partial charge in [0.25, 0.3) is 0 Å². The smallest absolute Gasteiger partial charge is 0.330 e. The second-order valence-corrected chi connectivity index (χ2v) is 4.94. The fraction of sp³-hybridized carbons (Fsp3) is 0.471. The van der Waals surface area contributed by atoms with Crippen LogP contribution < -0.4 is 0 Å². The van der Waals surface area contributed by atoms with E-state index in [9.17, 15) is 9.90 Å². The van der Waals surface area contributed by atoms with Crippen LogP contribution in [0.5, 0.6) is 5.75 Å². The molecule has 1 aromatic rings. The van der Waals surface area contributed by atoms with Crippen molar-refractivity contribution in [2.24, 2.45) is 5.92 Å². The standard InChI is InChI=1S/C17H24O3/c1-3-5-8-14(4-2)13-20-17(19)12-11-15-9-6-7-10-16(15)18/h6-7,9-12,14,18H,3-5,8,13H2,1-2H3/b12-11+. The summed E-state index contributed by atoms with van der Waals surface area (Å²) in [6.07, 6.45) is 7.40. The minimum Gasteiger partial charge on any atom is -0.507 e. The highest BCUT2D eigenvalue weighted by atomic mass is 16.5. The third kappa shape index (κ3) is 5.91. The number of hydrogen-bond donors (Lipinski definition) is 1. The van der Waals surface area contributed by atoms with E-state index in [0.717, 1.165) is 19.3 Å². The number of phenolic OH excluding ortho intramolecular Hbond substituents is 1. The molecule has 1 rings (SSSR count). The highest BCUT2D eigenvalue weighted by Gasteiger charge is 2.08. The maximum Gasteiger partial charge on any atom is 0.330 e. The number of ether oxygens (including phenoxy) is 1. The van der Waals surface area contributed by atoms with Crippen LogP contribution in [0.1, 0.15) is 45.1 Å². The first-order valence-electron chi connectivity index (χ1n) is 7.30. The van der Waals surface area contributed by atoms with Crippen LogP contribution in [-0.2, 0) is 9.53 Å². The summed E-state index contributed by atoms with van der Waals surface area (Å²) in [6.45, 7) is 4.75. The van der Waals surface area contributed by atoms with E-state index in [1.54, 1.807) is 24.3 Å². The molecular weight excluding hydrogens is 252 g/mol. The number of carbonyl (C=O) groups excluding carboxylic acids is 1. The Hall–Kier alpha value is -1.77. The predicted molar refractivity (Wildman–Crippen MR) is 81.4 cm³/mol. The molecule has 1 aromatic carbocycles. The number of unbranched alkanes of at least 4 members (excludes halogenated alkanes) is 1. The highest BCUT2D eigenvalue weighted by molar-refractivity contribution is 5.87. The van der Waals surface area contributed by atoms with Gasteiger partial charge in [-0.2, -0.15) is 0 Å². The molecule has 0 spiro atoms. The van der Waals surface area contributed by atoms with Crippen molar-refractivity contribution < 1.29 is 14.6 Å². The Balaban J connectivity index is 2.41. The summed E-state index contributed by atoms with van der Waals surface area (Å²) >= 11 is 0. The lowest BCUT2D eigenvalue weighted by Crippen LogP contribution is -2.12. The number of phenols is 1. The van der Waals surface area contributed by atoms with Crippen LogP contribution >= 0.6 is 0 Å². The Labute approximate surface area is 121 Å². The average molecular weight is 276 g/mol. The zero-order valence-corrected chi connectivity index (χ0v) is 12.3. The summed E-state index contributed by atoms with van der Waals surface area (Å²) in [4.78, 5) is 11.6. The molecule has 0 heterocycles. The molecule has 20 heavy (non-hydrogen) atoms. The molecule has 0 saturated heterocycles. The van der Waals surface area contributed by atoms with Crippen LogP contribution in [0.3, 0.4) is 0 Å². The molecule has 1 N–H and O–H groups in total. The third-order valence-corrected chi connectivity index (χ3v) is 3.34. The molecule has 1 atom stereocenters. The van der Waals surface area contributed by atoms with Gasteiger partial charge in [-0.1, -0.05) is 51.3 Å². The molecule has 0 aliphatic carbocycles. The van der Waals surface area contributed by atoms with E-state index in [1.165, 1.54) is 12.5 Å². The number of para-hydroxylation sites is 1. The lowest BCUT2D eigenvalue weighted by Gasteiger charge is -2.13. The highest BCUT2D eigenvalue weighted by Crippen LogP contribution is 2.17. The zero-order valence-electron chi connectivity index (χ0n) is 12.3.